The van der Waals surface area contributed by atoms with E-state index in [0.717, 1.165) is 17.5 Å². The van der Waals surface area contributed by atoms with Gasteiger partial charge in [0.15, 0.2) is 6.61 Å². The van der Waals surface area contributed by atoms with Crippen molar-refractivity contribution in [2.45, 2.75) is 6.54 Å². The lowest BCUT2D eigenvalue weighted by Gasteiger charge is -2.26. The minimum atomic E-state index is -0.0597. The first-order valence-corrected chi connectivity index (χ1v) is 5.39. The average molecular weight is 234 g/mol. The average Bonchev–Trinajstić information content (AvgIpc) is 2.35. The second-order valence-electron chi connectivity index (χ2n) is 3.84. The molecule has 1 aromatic carbocycles. The number of likely N-dealkylation sites (N-methyl/N-ethyl adjacent to an activating group) is 1. The van der Waals surface area contributed by atoms with Crippen LogP contribution in [0.25, 0.3) is 0 Å². The van der Waals surface area contributed by atoms with E-state index in [1.807, 2.05) is 18.2 Å². The summed E-state index contributed by atoms with van der Waals surface area (Å²) < 4.78 is 5.32. The number of aldehydes is 1. The van der Waals surface area contributed by atoms with E-state index < -0.39 is 0 Å². The van der Waals surface area contributed by atoms with Crippen molar-refractivity contribution in [1.29, 1.82) is 0 Å². The lowest BCUT2D eigenvalue weighted by Crippen LogP contribution is -2.35. The lowest BCUT2D eigenvalue weighted by atomic mass is 10.1. The van der Waals surface area contributed by atoms with Crippen molar-refractivity contribution in [1.82, 2.24) is 5.32 Å². The van der Waals surface area contributed by atoms with Gasteiger partial charge in [-0.05, 0) is 17.7 Å². The molecule has 1 aliphatic heterocycles. The monoisotopic (exact) mass is 234 g/mol. The molecule has 0 saturated carbocycles. The minimum absolute atomic E-state index is 0.0597. The summed E-state index contributed by atoms with van der Waals surface area (Å²) in [5.74, 6) is 0.654. The van der Waals surface area contributed by atoms with Gasteiger partial charge in [-0.2, -0.15) is 0 Å². The number of rotatable bonds is 4. The van der Waals surface area contributed by atoms with Crippen molar-refractivity contribution < 1.29 is 14.3 Å². The Balaban J connectivity index is 2.17. The zero-order valence-corrected chi connectivity index (χ0v) is 9.60. The van der Waals surface area contributed by atoms with Crippen molar-refractivity contribution >= 4 is 17.9 Å². The highest BCUT2D eigenvalue weighted by Gasteiger charge is 2.21. The van der Waals surface area contributed by atoms with E-state index in [2.05, 4.69) is 5.32 Å². The van der Waals surface area contributed by atoms with Crippen molar-refractivity contribution in [2.24, 2.45) is 0 Å². The molecule has 1 aliphatic rings. The van der Waals surface area contributed by atoms with Crippen LogP contribution in [0.1, 0.15) is 5.56 Å². The maximum atomic E-state index is 11.5. The molecule has 0 spiro atoms. The number of hydrogen-bond acceptors (Lipinski definition) is 4. The number of carbonyl (C=O) groups is 2. The molecule has 0 bridgehead atoms. The topological polar surface area (TPSA) is 58.6 Å². The van der Waals surface area contributed by atoms with Gasteiger partial charge in [0.1, 0.15) is 12.0 Å². The van der Waals surface area contributed by atoms with Crippen LogP contribution in [0.2, 0.25) is 0 Å². The first-order valence-electron chi connectivity index (χ1n) is 5.39. The Labute approximate surface area is 99.4 Å². The van der Waals surface area contributed by atoms with Crippen LogP contribution in [0.5, 0.6) is 5.75 Å². The molecule has 1 heterocycles. The van der Waals surface area contributed by atoms with Gasteiger partial charge in [-0.15, -0.1) is 0 Å². The molecule has 0 saturated heterocycles. The summed E-state index contributed by atoms with van der Waals surface area (Å²) in [5.41, 5.74) is 1.78. The van der Waals surface area contributed by atoms with Gasteiger partial charge in [-0.1, -0.05) is 6.07 Å². The molecular weight excluding hydrogens is 220 g/mol. The van der Waals surface area contributed by atoms with Crippen LogP contribution in [0.4, 0.5) is 5.69 Å². The fourth-order valence-electron chi connectivity index (χ4n) is 1.70. The first kappa shape index (κ1) is 11.6. The molecule has 0 unspecified atom stereocenters. The summed E-state index contributed by atoms with van der Waals surface area (Å²) in [6, 6.07) is 5.65. The Kier molecular flexibility index (Phi) is 3.39. The number of nitrogens with one attached hydrogen (secondary N) is 1. The molecule has 0 fully saturated rings. The lowest BCUT2D eigenvalue weighted by molar-refractivity contribution is -0.121. The molecule has 90 valence electrons. The second-order valence-corrected chi connectivity index (χ2v) is 3.84. The maximum Gasteiger partial charge on any atom is 0.264 e. The van der Waals surface area contributed by atoms with E-state index in [1.165, 1.54) is 0 Å². The van der Waals surface area contributed by atoms with Crippen LogP contribution in [0, 0.1) is 0 Å². The Morgan fingerprint density at radius 1 is 1.53 bits per heavy atom. The first-order chi connectivity index (χ1) is 8.22. The van der Waals surface area contributed by atoms with Crippen molar-refractivity contribution in [2.75, 3.05) is 25.1 Å². The fourth-order valence-corrected chi connectivity index (χ4v) is 1.70. The third-order valence-corrected chi connectivity index (χ3v) is 2.67. The van der Waals surface area contributed by atoms with Gasteiger partial charge in [0.2, 0.25) is 0 Å². The van der Waals surface area contributed by atoms with Gasteiger partial charge in [0.25, 0.3) is 5.91 Å². The zero-order chi connectivity index (χ0) is 12.3. The molecule has 0 aromatic heterocycles. The zero-order valence-electron chi connectivity index (χ0n) is 9.60. The molecule has 1 amide bonds. The summed E-state index contributed by atoms with van der Waals surface area (Å²) in [4.78, 5) is 23.2. The van der Waals surface area contributed by atoms with Gasteiger partial charge in [0, 0.05) is 13.6 Å². The van der Waals surface area contributed by atoms with Crippen LogP contribution in [0.3, 0.4) is 0 Å². The number of nitrogens with zero attached hydrogens (tertiary/aromatic N) is 1. The normalized spacial score (nSPS) is 14.2. The Morgan fingerprint density at radius 2 is 2.35 bits per heavy atom. The van der Waals surface area contributed by atoms with Crippen molar-refractivity contribution in [3.05, 3.63) is 23.8 Å². The number of amides is 1. The van der Waals surface area contributed by atoms with E-state index in [1.54, 1.807) is 11.9 Å². The van der Waals surface area contributed by atoms with E-state index in [-0.39, 0.29) is 12.5 Å². The molecular formula is C12H14N2O3. The van der Waals surface area contributed by atoms with E-state index in [4.69, 9.17) is 4.74 Å². The van der Waals surface area contributed by atoms with Crippen LogP contribution in [0.15, 0.2) is 18.2 Å². The predicted octanol–water partition coefficient (Wildman–Crippen LogP) is 0.330. The van der Waals surface area contributed by atoms with Crippen LogP contribution in [-0.2, 0) is 16.1 Å². The van der Waals surface area contributed by atoms with E-state index in [9.17, 15) is 9.59 Å². The smallest absolute Gasteiger partial charge is 0.264 e. The summed E-state index contributed by atoms with van der Waals surface area (Å²) in [5, 5.41) is 2.97. The summed E-state index contributed by atoms with van der Waals surface area (Å²) in [6.07, 6.45) is 0.817. The highest BCUT2D eigenvalue weighted by molar-refractivity contribution is 5.97. The van der Waals surface area contributed by atoms with Gasteiger partial charge >= 0.3 is 0 Å². The van der Waals surface area contributed by atoms with Gasteiger partial charge < -0.3 is 19.7 Å². The summed E-state index contributed by atoms with van der Waals surface area (Å²) in [6.45, 7) is 1.00. The second kappa shape index (κ2) is 4.97. The standard InChI is InChI=1S/C12H14N2O3/c1-14-10-6-9(7-13-4-5-15)2-3-11(10)17-8-12(14)16/h2-3,5-6,13H,4,7-8H2,1H3. The van der Waals surface area contributed by atoms with Crippen LogP contribution >= 0.6 is 0 Å². The Hall–Kier alpha value is -1.88. The summed E-state index contributed by atoms with van der Waals surface area (Å²) >= 11 is 0. The Bertz CT molecular complexity index is 445. The molecule has 17 heavy (non-hydrogen) atoms. The molecule has 1 aromatic rings. The molecule has 0 atom stereocenters. The Morgan fingerprint density at radius 3 is 3.12 bits per heavy atom. The number of hydrogen-bond donors (Lipinski definition) is 1. The SMILES string of the molecule is CN1C(=O)COc2ccc(CNCC=O)cc21. The molecule has 1 N–H and O–H groups in total. The molecule has 0 radical (unpaired) electrons. The molecule has 5 nitrogen and oxygen atoms in total. The fraction of sp³-hybridized carbons (Fsp3) is 0.333. The highest BCUT2D eigenvalue weighted by Crippen LogP contribution is 2.31. The van der Waals surface area contributed by atoms with E-state index in [0.29, 0.717) is 18.8 Å². The third kappa shape index (κ3) is 2.45. The van der Waals surface area contributed by atoms with Crippen LogP contribution in [-0.4, -0.2) is 32.4 Å². The quantitative estimate of drug-likeness (QED) is 0.602. The van der Waals surface area contributed by atoms with Gasteiger partial charge in [-0.3, -0.25) is 4.79 Å². The van der Waals surface area contributed by atoms with Crippen molar-refractivity contribution in [3.8, 4) is 5.75 Å². The number of anilines is 1. The van der Waals surface area contributed by atoms with Gasteiger partial charge in [-0.25, -0.2) is 0 Å². The molecule has 0 aliphatic carbocycles. The summed E-state index contributed by atoms with van der Waals surface area (Å²) in [7, 11) is 1.73. The number of fused-ring (bicyclic) bond motifs is 1. The number of carbonyl (C=O) groups excluding carboxylic acids is 2. The minimum Gasteiger partial charge on any atom is -0.482 e. The number of benzene rings is 1. The molecule has 2 rings (SSSR count). The van der Waals surface area contributed by atoms with E-state index >= 15 is 0 Å². The number of ether oxygens (including phenoxy) is 1. The van der Waals surface area contributed by atoms with Gasteiger partial charge in [0.05, 0.1) is 12.2 Å². The predicted molar refractivity (Wildman–Crippen MR) is 63.1 cm³/mol. The third-order valence-electron chi connectivity index (χ3n) is 2.67. The molecule has 5 heteroatoms. The van der Waals surface area contributed by atoms with Crippen molar-refractivity contribution in [3.63, 3.8) is 0 Å². The maximum absolute atomic E-state index is 11.5. The van der Waals surface area contributed by atoms with Crippen LogP contribution < -0.4 is 15.0 Å². The highest BCUT2D eigenvalue weighted by atomic mass is 16.5. The largest absolute Gasteiger partial charge is 0.482 e.